The molecule has 2 nitrogen and oxygen atoms in total. The third-order valence-electron chi connectivity index (χ3n) is 3.13. The highest BCUT2D eigenvalue weighted by atomic mass is 15.2. The van der Waals surface area contributed by atoms with Crippen LogP contribution in [-0.4, -0.2) is 30.1 Å². The first-order valence-corrected chi connectivity index (χ1v) is 5.49. The molecule has 1 atom stereocenters. The maximum absolute atomic E-state index is 5.71. The Bertz CT molecular complexity index is 149. The van der Waals surface area contributed by atoms with E-state index in [1.54, 1.807) is 0 Å². The Kier molecular flexibility index (Phi) is 3.74. The monoisotopic (exact) mass is 184 g/mol. The minimum atomic E-state index is 0.337. The molecule has 0 aromatic carbocycles. The first-order valence-electron chi connectivity index (χ1n) is 5.49. The summed E-state index contributed by atoms with van der Waals surface area (Å²) < 4.78 is 0. The van der Waals surface area contributed by atoms with Gasteiger partial charge in [0.25, 0.3) is 0 Å². The molecule has 0 bridgehead atoms. The average Bonchev–Trinajstić information content (AvgIpc) is 2.26. The van der Waals surface area contributed by atoms with E-state index in [0.29, 0.717) is 5.54 Å². The number of likely N-dealkylation sites (tertiary alicyclic amines) is 1. The van der Waals surface area contributed by atoms with Gasteiger partial charge in [0.15, 0.2) is 0 Å². The van der Waals surface area contributed by atoms with Crippen LogP contribution < -0.4 is 5.73 Å². The third-order valence-corrected chi connectivity index (χ3v) is 3.13. The molecule has 13 heavy (non-hydrogen) atoms. The van der Waals surface area contributed by atoms with E-state index in [1.807, 2.05) is 0 Å². The SMILES string of the molecule is CC(C)(C)N1CCCC(CN)CC1. The fourth-order valence-electron chi connectivity index (χ4n) is 2.07. The summed E-state index contributed by atoms with van der Waals surface area (Å²) in [6.45, 7) is 10.3. The van der Waals surface area contributed by atoms with Crippen LogP contribution in [0.4, 0.5) is 0 Å². The molecular formula is C11H24N2. The molecule has 1 rings (SSSR count). The summed E-state index contributed by atoms with van der Waals surface area (Å²) >= 11 is 0. The second kappa shape index (κ2) is 4.43. The molecule has 0 radical (unpaired) electrons. The molecule has 2 N–H and O–H groups in total. The highest BCUT2D eigenvalue weighted by Gasteiger charge is 2.24. The second-order valence-corrected chi connectivity index (χ2v) is 5.19. The normalized spacial score (nSPS) is 27.2. The van der Waals surface area contributed by atoms with E-state index in [-0.39, 0.29) is 0 Å². The number of nitrogens with two attached hydrogens (primary N) is 1. The van der Waals surface area contributed by atoms with Gasteiger partial charge in [-0.05, 0) is 65.6 Å². The first kappa shape index (κ1) is 11.0. The van der Waals surface area contributed by atoms with Crippen LogP contribution in [-0.2, 0) is 0 Å². The fourth-order valence-corrected chi connectivity index (χ4v) is 2.07. The van der Waals surface area contributed by atoms with Gasteiger partial charge in [-0.3, -0.25) is 4.90 Å². The molecule has 0 saturated carbocycles. The van der Waals surface area contributed by atoms with Crippen LogP contribution in [0.1, 0.15) is 40.0 Å². The first-order chi connectivity index (χ1) is 6.04. The minimum Gasteiger partial charge on any atom is -0.330 e. The summed E-state index contributed by atoms with van der Waals surface area (Å²) in [6.07, 6.45) is 3.93. The van der Waals surface area contributed by atoms with Crippen molar-refractivity contribution in [1.29, 1.82) is 0 Å². The lowest BCUT2D eigenvalue weighted by molar-refractivity contribution is 0.141. The Morgan fingerprint density at radius 2 is 1.92 bits per heavy atom. The van der Waals surface area contributed by atoms with Gasteiger partial charge < -0.3 is 5.73 Å². The summed E-state index contributed by atoms with van der Waals surface area (Å²) in [6, 6.07) is 0. The lowest BCUT2D eigenvalue weighted by Gasteiger charge is -2.34. The number of hydrogen-bond acceptors (Lipinski definition) is 2. The van der Waals surface area contributed by atoms with Crippen LogP contribution in [0, 0.1) is 5.92 Å². The van der Waals surface area contributed by atoms with Gasteiger partial charge >= 0.3 is 0 Å². The van der Waals surface area contributed by atoms with Crippen molar-refractivity contribution >= 4 is 0 Å². The highest BCUT2D eigenvalue weighted by molar-refractivity contribution is 4.80. The number of hydrogen-bond donors (Lipinski definition) is 1. The zero-order valence-electron chi connectivity index (χ0n) is 9.34. The highest BCUT2D eigenvalue weighted by Crippen LogP contribution is 2.22. The Hall–Kier alpha value is -0.0800. The minimum absolute atomic E-state index is 0.337. The van der Waals surface area contributed by atoms with Crippen molar-refractivity contribution in [3.63, 3.8) is 0 Å². The fraction of sp³-hybridized carbons (Fsp3) is 1.00. The van der Waals surface area contributed by atoms with Gasteiger partial charge in [-0.2, -0.15) is 0 Å². The standard InChI is InChI=1S/C11H24N2/c1-11(2,3)13-7-4-5-10(9-12)6-8-13/h10H,4-9,12H2,1-3H3. The van der Waals surface area contributed by atoms with E-state index in [9.17, 15) is 0 Å². The van der Waals surface area contributed by atoms with Gasteiger partial charge in [-0.1, -0.05) is 0 Å². The molecule has 1 aliphatic heterocycles. The molecule has 0 aromatic heterocycles. The Morgan fingerprint density at radius 3 is 2.46 bits per heavy atom. The quantitative estimate of drug-likeness (QED) is 0.674. The van der Waals surface area contributed by atoms with E-state index in [4.69, 9.17) is 5.73 Å². The third kappa shape index (κ3) is 3.28. The van der Waals surface area contributed by atoms with E-state index in [2.05, 4.69) is 25.7 Å². The predicted molar refractivity (Wildman–Crippen MR) is 57.7 cm³/mol. The van der Waals surface area contributed by atoms with Crippen LogP contribution >= 0.6 is 0 Å². The molecule has 2 heteroatoms. The van der Waals surface area contributed by atoms with Crippen LogP contribution in [0.5, 0.6) is 0 Å². The molecule has 1 aliphatic rings. The van der Waals surface area contributed by atoms with Crippen molar-refractivity contribution in [3.8, 4) is 0 Å². The summed E-state index contributed by atoms with van der Waals surface area (Å²) in [5.41, 5.74) is 6.05. The zero-order valence-corrected chi connectivity index (χ0v) is 9.34. The molecule has 0 spiro atoms. The molecule has 1 heterocycles. The molecule has 1 fully saturated rings. The van der Waals surface area contributed by atoms with Crippen molar-refractivity contribution in [3.05, 3.63) is 0 Å². The predicted octanol–water partition coefficient (Wildman–Crippen LogP) is 1.85. The lowest BCUT2D eigenvalue weighted by atomic mass is 10.0. The topological polar surface area (TPSA) is 29.3 Å². The van der Waals surface area contributed by atoms with Crippen molar-refractivity contribution < 1.29 is 0 Å². The largest absolute Gasteiger partial charge is 0.330 e. The van der Waals surface area contributed by atoms with Crippen molar-refractivity contribution in [2.24, 2.45) is 11.7 Å². The van der Waals surface area contributed by atoms with Gasteiger partial charge in [0.1, 0.15) is 0 Å². The van der Waals surface area contributed by atoms with Crippen LogP contribution in [0.3, 0.4) is 0 Å². The molecule has 0 aromatic rings. The summed E-state index contributed by atoms with van der Waals surface area (Å²) in [5.74, 6) is 0.771. The molecule has 1 saturated heterocycles. The average molecular weight is 184 g/mol. The van der Waals surface area contributed by atoms with Crippen molar-refractivity contribution in [2.75, 3.05) is 19.6 Å². The molecular weight excluding hydrogens is 160 g/mol. The van der Waals surface area contributed by atoms with E-state index < -0.39 is 0 Å². The number of rotatable bonds is 1. The second-order valence-electron chi connectivity index (χ2n) is 5.19. The van der Waals surface area contributed by atoms with Gasteiger partial charge in [-0.25, -0.2) is 0 Å². The van der Waals surface area contributed by atoms with Gasteiger partial charge in [-0.15, -0.1) is 0 Å². The maximum atomic E-state index is 5.71. The van der Waals surface area contributed by atoms with Gasteiger partial charge in [0, 0.05) is 5.54 Å². The van der Waals surface area contributed by atoms with Crippen LogP contribution in [0.2, 0.25) is 0 Å². The van der Waals surface area contributed by atoms with Crippen LogP contribution in [0.15, 0.2) is 0 Å². The maximum Gasteiger partial charge on any atom is 0.0125 e. The number of nitrogens with zero attached hydrogens (tertiary/aromatic N) is 1. The Morgan fingerprint density at radius 1 is 1.23 bits per heavy atom. The molecule has 1 unspecified atom stereocenters. The zero-order chi connectivity index (χ0) is 9.90. The Labute approximate surface area is 82.5 Å². The van der Waals surface area contributed by atoms with E-state index >= 15 is 0 Å². The van der Waals surface area contributed by atoms with Crippen LogP contribution in [0.25, 0.3) is 0 Å². The van der Waals surface area contributed by atoms with Gasteiger partial charge in [0.05, 0.1) is 0 Å². The van der Waals surface area contributed by atoms with E-state index in [0.717, 1.165) is 12.5 Å². The molecule has 78 valence electrons. The summed E-state index contributed by atoms with van der Waals surface area (Å²) in [4.78, 5) is 2.59. The molecule has 0 amide bonds. The molecule has 0 aliphatic carbocycles. The van der Waals surface area contributed by atoms with Crippen molar-refractivity contribution in [1.82, 2.24) is 4.90 Å². The Balaban J connectivity index is 2.45. The van der Waals surface area contributed by atoms with Crippen molar-refractivity contribution in [2.45, 2.75) is 45.6 Å². The smallest absolute Gasteiger partial charge is 0.0125 e. The van der Waals surface area contributed by atoms with E-state index in [1.165, 1.54) is 32.4 Å². The summed E-state index contributed by atoms with van der Waals surface area (Å²) in [7, 11) is 0. The summed E-state index contributed by atoms with van der Waals surface area (Å²) in [5, 5.41) is 0. The van der Waals surface area contributed by atoms with Gasteiger partial charge in [0.2, 0.25) is 0 Å². The lowest BCUT2D eigenvalue weighted by Crippen LogP contribution is -2.41.